The SMILES string of the molecule is CCC(C(=O)Nc1ccc(Br)cn1)n1nc([N+](=O)[O-])cc1C. The van der Waals surface area contributed by atoms with Gasteiger partial charge in [0.1, 0.15) is 5.82 Å². The molecule has 1 amide bonds. The van der Waals surface area contributed by atoms with Gasteiger partial charge in [-0.2, -0.15) is 4.68 Å². The van der Waals surface area contributed by atoms with Crippen molar-refractivity contribution in [3.8, 4) is 0 Å². The van der Waals surface area contributed by atoms with Crippen molar-refractivity contribution >= 4 is 33.5 Å². The number of aryl methyl sites for hydroxylation is 1. The number of hydrogen-bond acceptors (Lipinski definition) is 5. The van der Waals surface area contributed by atoms with Crippen LogP contribution < -0.4 is 5.32 Å². The van der Waals surface area contributed by atoms with Crippen LogP contribution >= 0.6 is 15.9 Å². The second-order valence-corrected chi connectivity index (χ2v) is 5.54. The third-order valence-corrected chi connectivity index (χ3v) is 3.53. The molecule has 9 heteroatoms. The zero-order valence-corrected chi connectivity index (χ0v) is 13.6. The van der Waals surface area contributed by atoms with E-state index in [1.54, 1.807) is 25.3 Å². The number of rotatable bonds is 5. The van der Waals surface area contributed by atoms with Crippen molar-refractivity contribution in [3.63, 3.8) is 0 Å². The first-order chi connectivity index (χ1) is 10.4. The van der Waals surface area contributed by atoms with Crippen LogP contribution in [0.2, 0.25) is 0 Å². The number of pyridine rings is 1. The lowest BCUT2D eigenvalue weighted by atomic mass is 10.2. The first-order valence-corrected chi connectivity index (χ1v) is 7.34. The minimum absolute atomic E-state index is 0.273. The van der Waals surface area contributed by atoms with Crippen molar-refractivity contribution in [1.29, 1.82) is 0 Å². The summed E-state index contributed by atoms with van der Waals surface area (Å²) in [6.45, 7) is 3.49. The third-order valence-electron chi connectivity index (χ3n) is 3.06. The smallest absolute Gasteiger partial charge is 0.358 e. The first-order valence-electron chi connectivity index (χ1n) is 6.55. The summed E-state index contributed by atoms with van der Waals surface area (Å²) in [6.07, 6.45) is 2.02. The zero-order chi connectivity index (χ0) is 16.3. The van der Waals surface area contributed by atoms with E-state index in [4.69, 9.17) is 0 Å². The van der Waals surface area contributed by atoms with Gasteiger partial charge in [-0.3, -0.25) is 4.79 Å². The maximum absolute atomic E-state index is 12.4. The van der Waals surface area contributed by atoms with E-state index in [2.05, 4.69) is 31.3 Å². The van der Waals surface area contributed by atoms with Gasteiger partial charge in [0, 0.05) is 10.7 Å². The number of halogens is 1. The van der Waals surface area contributed by atoms with Crippen molar-refractivity contribution in [2.45, 2.75) is 26.3 Å². The highest BCUT2D eigenvalue weighted by molar-refractivity contribution is 9.10. The second-order valence-electron chi connectivity index (χ2n) is 4.62. The Hall–Kier alpha value is -2.29. The Bertz CT molecular complexity index is 698. The van der Waals surface area contributed by atoms with Crippen LogP contribution in [-0.2, 0) is 4.79 Å². The Morgan fingerprint density at radius 3 is 2.77 bits per heavy atom. The minimum Gasteiger partial charge on any atom is -0.358 e. The van der Waals surface area contributed by atoms with Crippen molar-refractivity contribution in [1.82, 2.24) is 14.8 Å². The van der Waals surface area contributed by atoms with E-state index in [1.165, 1.54) is 10.7 Å². The largest absolute Gasteiger partial charge is 0.390 e. The summed E-state index contributed by atoms with van der Waals surface area (Å²) in [5, 5.41) is 17.4. The zero-order valence-electron chi connectivity index (χ0n) is 12.0. The molecule has 0 bridgehead atoms. The molecule has 0 aliphatic rings. The van der Waals surface area contributed by atoms with Crippen LogP contribution in [0.25, 0.3) is 0 Å². The molecule has 0 saturated heterocycles. The number of anilines is 1. The molecule has 2 aromatic heterocycles. The van der Waals surface area contributed by atoms with Gasteiger partial charge < -0.3 is 15.4 Å². The monoisotopic (exact) mass is 367 g/mol. The van der Waals surface area contributed by atoms with Crippen molar-refractivity contribution < 1.29 is 9.72 Å². The van der Waals surface area contributed by atoms with Crippen LogP contribution in [0, 0.1) is 17.0 Å². The maximum atomic E-state index is 12.4. The molecule has 2 aromatic rings. The van der Waals surface area contributed by atoms with Gasteiger partial charge >= 0.3 is 5.82 Å². The highest BCUT2D eigenvalue weighted by Crippen LogP contribution is 2.20. The Labute approximate surface area is 134 Å². The van der Waals surface area contributed by atoms with Crippen LogP contribution in [0.1, 0.15) is 25.1 Å². The molecule has 1 N–H and O–H groups in total. The molecule has 0 aliphatic heterocycles. The van der Waals surface area contributed by atoms with E-state index >= 15 is 0 Å². The fraction of sp³-hybridized carbons (Fsp3) is 0.308. The van der Waals surface area contributed by atoms with Gasteiger partial charge in [-0.1, -0.05) is 6.92 Å². The van der Waals surface area contributed by atoms with Crippen LogP contribution in [-0.4, -0.2) is 25.6 Å². The summed E-state index contributed by atoms with van der Waals surface area (Å²) in [7, 11) is 0. The standard InChI is InChI=1S/C13H14BrN5O3/c1-3-10(18-8(2)6-12(17-18)19(21)22)13(20)16-11-5-4-9(14)7-15-11/h4-7,10H,3H2,1-2H3,(H,15,16,20). The lowest BCUT2D eigenvalue weighted by Crippen LogP contribution is -2.27. The molecule has 22 heavy (non-hydrogen) atoms. The number of carbonyl (C=O) groups is 1. The van der Waals surface area contributed by atoms with Crippen molar-refractivity contribution in [2.75, 3.05) is 5.32 Å². The van der Waals surface area contributed by atoms with E-state index in [0.29, 0.717) is 17.9 Å². The lowest BCUT2D eigenvalue weighted by molar-refractivity contribution is -0.389. The second kappa shape index (κ2) is 6.65. The van der Waals surface area contributed by atoms with E-state index < -0.39 is 11.0 Å². The number of aromatic nitrogens is 3. The summed E-state index contributed by atoms with van der Waals surface area (Å²) >= 11 is 3.26. The number of amides is 1. The molecular weight excluding hydrogens is 354 g/mol. The summed E-state index contributed by atoms with van der Waals surface area (Å²) in [5.41, 5.74) is 0.553. The molecule has 8 nitrogen and oxygen atoms in total. The Kier molecular flexibility index (Phi) is 4.86. The fourth-order valence-electron chi connectivity index (χ4n) is 2.00. The van der Waals surface area contributed by atoms with Gasteiger partial charge in [0.2, 0.25) is 0 Å². The molecule has 2 heterocycles. The molecule has 0 fully saturated rings. The van der Waals surface area contributed by atoms with Crippen LogP contribution in [0.4, 0.5) is 11.6 Å². The highest BCUT2D eigenvalue weighted by Gasteiger charge is 2.27. The Morgan fingerprint density at radius 1 is 1.55 bits per heavy atom. The quantitative estimate of drug-likeness (QED) is 0.646. The summed E-state index contributed by atoms with van der Waals surface area (Å²) < 4.78 is 2.17. The van der Waals surface area contributed by atoms with E-state index in [9.17, 15) is 14.9 Å². The molecular formula is C13H14BrN5O3. The molecule has 0 aliphatic carbocycles. The number of nitro groups is 1. The molecule has 1 unspecified atom stereocenters. The Morgan fingerprint density at radius 2 is 2.27 bits per heavy atom. The van der Waals surface area contributed by atoms with Crippen LogP contribution in [0.15, 0.2) is 28.9 Å². The molecule has 0 spiro atoms. The fourth-order valence-corrected chi connectivity index (χ4v) is 2.24. The molecule has 0 saturated carbocycles. The highest BCUT2D eigenvalue weighted by atomic mass is 79.9. The van der Waals surface area contributed by atoms with Gasteiger partial charge in [0.05, 0.1) is 16.9 Å². The predicted octanol–water partition coefficient (Wildman–Crippen LogP) is 2.85. The lowest BCUT2D eigenvalue weighted by Gasteiger charge is -2.13. The van der Waals surface area contributed by atoms with Crippen molar-refractivity contribution in [3.05, 3.63) is 44.7 Å². The van der Waals surface area contributed by atoms with Gasteiger partial charge in [-0.25, -0.2) is 4.98 Å². The average Bonchev–Trinajstić information content (AvgIpc) is 2.85. The van der Waals surface area contributed by atoms with Crippen LogP contribution in [0.5, 0.6) is 0 Å². The molecule has 0 radical (unpaired) electrons. The number of hydrogen-bond donors (Lipinski definition) is 1. The maximum Gasteiger partial charge on any atom is 0.390 e. The summed E-state index contributed by atoms with van der Waals surface area (Å²) in [5.74, 6) is -0.185. The molecule has 116 valence electrons. The number of nitrogens with one attached hydrogen (secondary N) is 1. The summed E-state index contributed by atoms with van der Waals surface area (Å²) in [6, 6.07) is 4.12. The topological polar surface area (TPSA) is 103 Å². The third kappa shape index (κ3) is 3.48. The first kappa shape index (κ1) is 16.1. The van der Waals surface area contributed by atoms with E-state index in [1.807, 2.05) is 6.92 Å². The van der Waals surface area contributed by atoms with Crippen LogP contribution in [0.3, 0.4) is 0 Å². The van der Waals surface area contributed by atoms with E-state index in [0.717, 1.165) is 4.47 Å². The van der Waals surface area contributed by atoms with E-state index in [-0.39, 0.29) is 11.7 Å². The van der Waals surface area contributed by atoms with Gasteiger partial charge in [-0.05, 0) is 46.3 Å². The minimum atomic E-state index is -0.640. The predicted molar refractivity (Wildman–Crippen MR) is 83.5 cm³/mol. The number of carbonyl (C=O) groups excluding carboxylic acids is 1. The van der Waals surface area contributed by atoms with Crippen molar-refractivity contribution in [2.24, 2.45) is 0 Å². The van der Waals surface area contributed by atoms with Gasteiger partial charge in [0.25, 0.3) is 5.91 Å². The molecule has 0 aromatic carbocycles. The average molecular weight is 368 g/mol. The molecule has 2 rings (SSSR count). The summed E-state index contributed by atoms with van der Waals surface area (Å²) in [4.78, 5) is 26.6. The number of nitrogens with zero attached hydrogens (tertiary/aromatic N) is 4. The normalized spacial score (nSPS) is 12.0. The van der Waals surface area contributed by atoms with Gasteiger partial charge in [0.15, 0.2) is 6.04 Å². The van der Waals surface area contributed by atoms with Gasteiger partial charge in [-0.15, -0.1) is 0 Å². The Balaban J connectivity index is 2.22. The molecule has 1 atom stereocenters.